The van der Waals surface area contributed by atoms with E-state index >= 15 is 0 Å². The molecule has 1 aliphatic carbocycles. The molecule has 0 amide bonds. The zero-order valence-electron chi connectivity index (χ0n) is 8.21. The molecule has 1 aliphatic rings. The monoisotopic (exact) mass is 200 g/mol. The summed E-state index contributed by atoms with van der Waals surface area (Å²) in [7, 11) is 0. The predicted octanol–water partition coefficient (Wildman–Crippen LogP) is 1.97. The van der Waals surface area contributed by atoms with E-state index in [0.29, 0.717) is 5.56 Å². The summed E-state index contributed by atoms with van der Waals surface area (Å²) in [6.45, 7) is 0. The van der Waals surface area contributed by atoms with Crippen molar-refractivity contribution in [3.63, 3.8) is 0 Å². The molecular formula is C13H12O2. The standard InChI is InChI=1S/C13H12O2/c14-12-9-5-4-8-11(12)13(15)10-6-2-1-3-7-10/h1-9,11-12,14H. The summed E-state index contributed by atoms with van der Waals surface area (Å²) in [6.07, 6.45) is 6.20. The van der Waals surface area contributed by atoms with E-state index in [4.69, 9.17) is 0 Å². The second-order valence-corrected chi connectivity index (χ2v) is 3.52. The van der Waals surface area contributed by atoms with Gasteiger partial charge in [-0.15, -0.1) is 0 Å². The summed E-state index contributed by atoms with van der Waals surface area (Å²) in [4.78, 5) is 12.0. The van der Waals surface area contributed by atoms with Crippen molar-refractivity contribution < 1.29 is 9.90 Å². The molecule has 0 saturated carbocycles. The van der Waals surface area contributed by atoms with E-state index in [1.54, 1.807) is 36.4 Å². The predicted molar refractivity (Wildman–Crippen MR) is 58.5 cm³/mol. The molecule has 2 rings (SSSR count). The Hall–Kier alpha value is -1.67. The van der Waals surface area contributed by atoms with Crippen molar-refractivity contribution >= 4 is 5.78 Å². The summed E-state index contributed by atoms with van der Waals surface area (Å²) in [6, 6.07) is 9.04. The minimum absolute atomic E-state index is 0.0382. The average Bonchev–Trinajstić information content (AvgIpc) is 2.30. The van der Waals surface area contributed by atoms with Gasteiger partial charge < -0.3 is 5.11 Å². The highest BCUT2D eigenvalue weighted by atomic mass is 16.3. The van der Waals surface area contributed by atoms with Gasteiger partial charge >= 0.3 is 0 Å². The fourth-order valence-corrected chi connectivity index (χ4v) is 1.63. The van der Waals surface area contributed by atoms with Crippen molar-refractivity contribution in [3.05, 3.63) is 60.2 Å². The third-order valence-corrected chi connectivity index (χ3v) is 2.47. The number of rotatable bonds is 2. The van der Waals surface area contributed by atoms with Crippen LogP contribution in [0, 0.1) is 5.92 Å². The third-order valence-electron chi connectivity index (χ3n) is 2.47. The topological polar surface area (TPSA) is 37.3 Å². The Labute approximate surface area is 88.6 Å². The Kier molecular flexibility index (Phi) is 2.79. The number of allylic oxidation sites excluding steroid dienone is 2. The Morgan fingerprint density at radius 1 is 1.07 bits per heavy atom. The fraction of sp³-hybridized carbons (Fsp3) is 0.154. The van der Waals surface area contributed by atoms with Gasteiger partial charge in [0.15, 0.2) is 5.78 Å². The molecule has 0 spiro atoms. The largest absolute Gasteiger partial charge is 0.388 e. The number of carbonyl (C=O) groups excluding carboxylic acids is 1. The molecule has 76 valence electrons. The van der Waals surface area contributed by atoms with Gasteiger partial charge in [-0.25, -0.2) is 0 Å². The lowest BCUT2D eigenvalue weighted by atomic mass is 9.89. The lowest BCUT2D eigenvalue weighted by Crippen LogP contribution is -2.26. The van der Waals surface area contributed by atoms with Gasteiger partial charge in [0.1, 0.15) is 0 Å². The zero-order valence-corrected chi connectivity index (χ0v) is 8.21. The van der Waals surface area contributed by atoms with Gasteiger partial charge in [0.2, 0.25) is 0 Å². The number of Topliss-reactive ketones (excluding diaryl/α,β-unsaturated/α-hetero) is 1. The molecule has 0 saturated heterocycles. The average molecular weight is 200 g/mol. The maximum atomic E-state index is 12.0. The zero-order chi connectivity index (χ0) is 10.7. The van der Waals surface area contributed by atoms with Crippen LogP contribution in [0.15, 0.2) is 54.6 Å². The van der Waals surface area contributed by atoms with Crippen molar-refractivity contribution in [3.8, 4) is 0 Å². The highest BCUT2D eigenvalue weighted by molar-refractivity contribution is 5.99. The molecule has 15 heavy (non-hydrogen) atoms. The summed E-state index contributed by atoms with van der Waals surface area (Å²) in [5.74, 6) is -0.485. The van der Waals surface area contributed by atoms with E-state index in [1.807, 2.05) is 18.2 Å². The lowest BCUT2D eigenvalue weighted by molar-refractivity contribution is 0.0838. The highest BCUT2D eigenvalue weighted by Gasteiger charge is 2.24. The number of hydrogen-bond donors (Lipinski definition) is 1. The molecule has 1 aromatic carbocycles. The molecule has 0 radical (unpaired) electrons. The van der Waals surface area contributed by atoms with Crippen LogP contribution in [-0.2, 0) is 0 Å². The molecular weight excluding hydrogens is 188 g/mol. The van der Waals surface area contributed by atoms with E-state index in [9.17, 15) is 9.90 Å². The SMILES string of the molecule is O=C(c1ccccc1)C1C=CC=CC1O. The number of ketones is 1. The molecule has 0 heterocycles. The second kappa shape index (κ2) is 4.24. The number of hydrogen-bond acceptors (Lipinski definition) is 2. The van der Waals surface area contributed by atoms with Gasteiger partial charge in [-0.05, 0) is 0 Å². The van der Waals surface area contributed by atoms with Crippen LogP contribution in [0.1, 0.15) is 10.4 Å². The van der Waals surface area contributed by atoms with E-state index < -0.39 is 12.0 Å². The fourth-order valence-electron chi connectivity index (χ4n) is 1.63. The van der Waals surface area contributed by atoms with E-state index in [1.165, 1.54) is 0 Å². The molecule has 0 bridgehead atoms. The van der Waals surface area contributed by atoms with Crippen LogP contribution in [-0.4, -0.2) is 17.0 Å². The smallest absolute Gasteiger partial charge is 0.172 e. The van der Waals surface area contributed by atoms with Crippen molar-refractivity contribution in [1.82, 2.24) is 0 Å². The number of carbonyl (C=O) groups is 1. The van der Waals surface area contributed by atoms with Crippen LogP contribution in [0.25, 0.3) is 0 Å². The molecule has 1 aromatic rings. The second-order valence-electron chi connectivity index (χ2n) is 3.52. The molecule has 2 unspecified atom stereocenters. The van der Waals surface area contributed by atoms with Crippen molar-refractivity contribution in [1.29, 1.82) is 0 Å². The Balaban J connectivity index is 2.22. The first-order valence-corrected chi connectivity index (χ1v) is 4.91. The van der Waals surface area contributed by atoms with Crippen LogP contribution < -0.4 is 0 Å². The highest BCUT2D eigenvalue weighted by Crippen LogP contribution is 2.18. The number of aliphatic hydroxyl groups is 1. The molecule has 2 atom stereocenters. The third kappa shape index (κ3) is 2.05. The van der Waals surface area contributed by atoms with Crippen molar-refractivity contribution in [2.75, 3.05) is 0 Å². The van der Waals surface area contributed by atoms with Crippen LogP contribution >= 0.6 is 0 Å². The molecule has 2 heteroatoms. The number of aliphatic hydroxyl groups excluding tert-OH is 1. The van der Waals surface area contributed by atoms with Crippen molar-refractivity contribution in [2.45, 2.75) is 6.10 Å². The van der Waals surface area contributed by atoms with E-state index in [-0.39, 0.29) is 5.78 Å². The summed E-state index contributed by atoms with van der Waals surface area (Å²) >= 11 is 0. The van der Waals surface area contributed by atoms with Crippen LogP contribution in [0.5, 0.6) is 0 Å². The molecule has 1 N–H and O–H groups in total. The minimum Gasteiger partial charge on any atom is -0.388 e. The Bertz CT molecular complexity index is 404. The first-order valence-electron chi connectivity index (χ1n) is 4.91. The molecule has 2 nitrogen and oxygen atoms in total. The van der Waals surface area contributed by atoms with Crippen molar-refractivity contribution in [2.24, 2.45) is 5.92 Å². The summed E-state index contributed by atoms with van der Waals surface area (Å²) in [5.41, 5.74) is 0.640. The van der Waals surface area contributed by atoms with Gasteiger partial charge in [-0.3, -0.25) is 4.79 Å². The first-order chi connectivity index (χ1) is 7.29. The van der Waals surface area contributed by atoms with Gasteiger partial charge in [0.05, 0.1) is 12.0 Å². The van der Waals surface area contributed by atoms with E-state index in [0.717, 1.165) is 0 Å². The van der Waals surface area contributed by atoms with Crippen LogP contribution in [0.4, 0.5) is 0 Å². The maximum Gasteiger partial charge on any atom is 0.172 e. The van der Waals surface area contributed by atoms with E-state index in [2.05, 4.69) is 0 Å². The summed E-state index contributed by atoms with van der Waals surface area (Å²) < 4.78 is 0. The normalized spacial score (nSPS) is 24.1. The van der Waals surface area contributed by atoms with Gasteiger partial charge in [0.25, 0.3) is 0 Å². The Morgan fingerprint density at radius 2 is 1.73 bits per heavy atom. The van der Waals surface area contributed by atoms with Gasteiger partial charge in [0, 0.05) is 5.56 Å². The van der Waals surface area contributed by atoms with Crippen LogP contribution in [0.3, 0.4) is 0 Å². The van der Waals surface area contributed by atoms with Crippen LogP contribution in [0.2, 0.25) is 0 Å². The Morgan fingerprint density at radius 3 is 2.40 bits per heavy atom. The lowest BCUT2D eigenvalue weighted by Gasteiger charge is -2.17. The molecule has 0 aliphatic heterocycles. The number of benzene rings is 1. The summed E-state index contributed by atoms with van der Waals surface area (Å²) in [5, 5.41) is 9.64. The molecule has 0 aromatic heterocycles. The van der Waals surface area contributed by atoms with Gasteiger partial charge in [-0.2, -0.15) is 0 Å². The first kappa shape index (κ1) is 9.87. The molecule has 0 fully saturated rings. The quantitative estimate of drug-likeness (QED) is 0.741. The maximum absolute atomic E-state index is 12.0. The van der Waals surface area contributed by atoms with Gasteiger partial charge in [-0.1, -0.05) is 54.6 Å². The minimum atomic E-state index is -0.706.